The number of thioether (sulfide) groups is 1. The molecule has 2 heterocycles. The maximum Gasteiger partial charge on any atom is 0.358 e. The predicted molar refractivity (Wildman–Crippen MR) is 54.1 cm³/mol. The number of H-pyrrole nitrogens is 1. The Bertz CT molecular complexity index is 467. The Morgan fingerprint density at radius 1 is 1.62 bits per heavy atom. The second-order valence-corrected chi connectivity index (χ2v) is 3.89. The molecule has 0 aliphatic rings. The van der Waals surface area contributed by atoms with Gasteiger partial charge < -0.3 is 5.11 Å². The number of nitrogens with one attached hydrogen (secondary N) is 1. The highest BCUT2D eigenvalue weighted by Crippen LogP contribution is 2.10. The van der Waals surface area contributed by atoms with E-state index in [2.05, 4.69) is 25.5 Å². The molecule has 0 fully saturated rings. The van der Waals surface area contributed by atoms with Crippen molar-refractivity contribution < 1.29 is 9.90 Å². The third kappa shape index (κ3) is 2.57. The van der Waals surface area contributed by atoms with Gasteiger partial charge in [-0.25, -0.2) is 9.78 Å². The van der Waals surface area contributed by atoms with Crippen LogP contribution in [0, 0.1) is 0 Å². The average Bonchev–Trinajstić information content (AvgIpc) is 2.87. The Morgan fingerprint density at radius 3 is 3.12 bits per heavy atom. The predicted octanol–water partition coefficient (Wildman–Crippen LogP) is -0.113. The highest BCUT2D eigenvalue weighted by atomic mass is 32.2. The molecule has 2 rings (SSSR count). The van der Waals surface area contributed by atoms with Gasteiger partial charge in [-0.2, -0.15) is 5.10 Å². The number of nitrogens with zero attached hydrogens (tertiary/aromatic N) is 5. The van der Waals surface area contributed by atoms with Crippen molar-refractivity contribution in [1.82, 2.24) is 30.2 Å². The molecule has 0 saturated carbocycles. The van der Waals surface area contributed by atoms with E-state index in [0.717, 1.165) is 5.16 Å². The highest BCUT2D eigenvalue weighted by molar-refractivity contribution is 7.99. The quantitative estimate of drug-likeness (QED) is 0.701. The van der Waals surface area contributed by atoms with Gasteiger partial charge in [-0.15, -0.1) is 5.10 Å². The Labute approximate surface area is 94.1 Å². The molecule has 2 N–H and O–H groups in total. The summed E-state index contributed by atoms with van der Waals surface area (Å²) in [6.45, 7) is 0.561. The lowest BCUT2D eigenvalue weighted by atomic mass is 10.5. The summed E-state index contributed by atoms with van der Waals surface area (Å²) in [5, 5.41) is 22.9. The van der Waals surface area contributed by atoms with Crippen LogP contribution in [0.3, 0.4) is 0 Å². The minimum Gasteiger partial charge on any atom is -0.476 e. The van der Waals surface area contributed by atoms with E-state index in [-0.39, 0.29) is 5.69 Å². The number of aromatic nitrogens is 6. The van der Waals surface area contributed by atoms with Crippen molar-refractivity contribution in [2.24, 2.45) is 0 Å². The van der Waals surface area contributed by atoms with E-state index in [1.54, 1.807) is 0 Å². The third-order valence-electron chi connectivity index (χ3n) is 1.71. The lowest BCUT2D eigenvalue weighted by Crippen LogP contribution is -2.01. The second kappa shape index (κ2) is 4.75. The second-order valence-electron chi connectivity index (χ2n) is 2.81. The molecule has 0 unspecified atom stereocenters. The van der Waals surface area contributed by atoms with E-state index in [9.17, 15) is 4.79 Å². The maximum absolute atomic E-state index is 10.5. The summed E-state index contributed by atoms with van der Waals surface area (Å²) in [4.78, 5) is 14.5. The molecule has 2 aromatic rings. The summed E-state index contributed by atoms with van der Waals surface area (Å²) in [5.41, 5.74) is -0.0512. The number of carboxylic acids is 1. The van der Waals surface area contributed by atoms with Crippen molar-refractivity contribution in [3.05, 3.63) is 18.2 Å². The number of aromatic carboxylic acids is 1. The standard InChI is InChI=1S/C7H8N6O2S/c14-6(15)5-3-13(12-10-5)1-2-16-7-8-4-9-11-7/h3-4H,1-2H2,(H,14,15)(H,8,9,11). The lowest BCUT2D eigenvalue weighted by molar-refractivity contribution is 0.0690. The number of hydrogen-bond donors (Lipinski definition) is 2. The molecule has 0 aromatic carbocycles. The van der Waals surface area contributed by atoms with Crippen LogP contribution in [0.1, 0.15) is 10.5 Å². The van der Waals surface area contributed by atoms with Crippen LogP contribution in [0.2, 0.25) is 0 Å². The van der Waals surface area contributed by atoms with Gasteiger partial charge in [-0.1, -0.05) is 17.0 Å². The summed E-state index contributed by atoms with van der Waals surface area (Å²) in [5.74, 6) is -0.369. The zero-order chi connectivity index (χ0) is 11.4. The first kappa shape index (κ1) is 10.6. The van der Waals surface area contributed by atoms with Crippen LogP contribution in [-0.2, 0) is 6.54 Å². The van der Waals surface area contributed by atoms with Crippen molar-refractivity contribution in [2.45, 2.75) is 11.7 Å². The largest absolute Gasteiger partial charge is 0.476 e. The van der Waals surface area contributed by atoms with Crippen LogP contribution in [0.15, 0.2) is 17.7 Å². The molecule has 84 valence electrons. The number of carbonyl (C=O) groups is 1. The molecule has 0 bridgehead atoms. The minimum atomic E-state index is -1.07. The van der Waals surface area contributed by atoms with Crippen LogP contribution in [-0.4, -0.2) is 47.0 Å². The summed E-state index contributed by atoms with van der Waals surface area (Å²) in [7, 11) is 0. The van der Waals surface area contributed by atoms with Gasteiger partial charge in [0, 0.05) is 5.75 Å². The Hall–Kier alpha value is -1.90. The molecule has 0 aliphatic carbocycles. The van der Waals surface area contributed by atoms with Crippen LogP contribution in [0.25, 0.3) is 0 Å². The van der Waals surface area contributed by atoms with Crippen LogP contribution >= 0.6 is 11.8 Å². The van der Waals surface area contributed by atoms with Crippen molar-refractivity contribution in [3.8, 4) is 0 Å². The molecule has 0 spiro atoms. The summed E-state index contributed by atoms with van der Waals surface area (Å²) >= 11 is 1.47. The lowest BCUT2D eigenvalue weighted by Gasteiger charge is -1.97. The van der Waals surface area contributed by atoms with Crippen LogP contribution in [0.4, 0.5) is 0 Å². The molecule has 0 amide bonds. The first-order valence-electron chi connectivity index (χ1n) is 4.37. The highest BCUT2D eigenvalue weighted by Gasteiger charge is 2.07. The fraction of sp³-hybridized carbons (Fsp3) is 0.286. The van der Waals surface area contributed by atoms with Crippen molar-refractivity contribution in [1.29, 1.82) is 0 Å². The van der Waals surface area contributed by atoms with Crippen LogP contribution < -0.4 is 0 Å². The van der Waals surface area contributed by atoms with Gasteiger partial charge in [-0.3, -0.25) is 9.78 Å². The molecule has 8 nitrogen and oxygen atoms in total. The smallest absolute Gasteiger partial charge is 0.358 e. The summed E-state index contributed by atoms with van der Waals surface area (Å²) in [6, 6.07) is 0. The van der Waals surface area contributed by atoms with Crippen molar-refractivity contribution in [3.63, 3.8) is 0 Å². The summed E-state index contributed by atoms with van der Waals surface area (Å²) in [6.07, 6.45) is 2.82. The molecule has 0 atom stereocenters. The van der Waals surface area contributed by atoms with E-state index in [1.807, 2.05) is 0 Å². The number of aryl methyl sites for hydroxylation is 1. The zero-order valence-corrected chi connectivity index (χ0v) is 8.89. The van der Waals surface area contributed by atoms with Gasteiger partial charge in [0.1, 0.15) is 6.33 Å². The number of carboxylic acid groups (broad SMARTS) is 1. The molecule has 0 saturated heterocycles. The normalized spacial score (nSPS) is 10.5. The average molecular weight is 240 g/mol. The topological polar surface area (TPSA) is 110 Å². The number of aromatic amines is 1. The number of rotatable bonds is 5. The maximum atomic E-state index is 10.5. The van der Waals surface area contributed by atoms with E-state index < -0.39 is 5.97 Å². The van der Waals surface area contributed by atoms with Crippen molar-refractivity contribution >= 4 is 17.7 Å². The SMILES string of the molecule is O=C(O)c1cn(CCSc2ncn[nH]2)nn1. The van der Waals surface area contributed by atoms with E-state index in [0.29, 0.717) is 12.3 Å². The van der Waals surface area contributed by atoms with E-state index >= 15 is 0 Å². The zero-order valence-electron chi connectivity index (χ0n) is 8.07. The van der Waals surface area contributed by atoms with Crippen molar-refractivity contribution in [2.75, 3.05) is 5.75 Å². The first-order valence-corrected chi connectivity index (χ1v) is 5.36. The molecule has 0 aliphatic heterocycles. The van der Waals surface area contributed by atoms with Gasteiger partial charge in [0.05, 0.1) is 12.7 Å². The fourth-order valence-electron chi connectivity index (χ4n) is 1.01. The Kier molecular flexibility index (Phi) is 3.15. The summed E-state index contributed by atoms with van der Waals surface area (Å²) < 4.78 is 1.48. The van der Waals surface area contributed by atoms with E-state index in [4.69, 9.17) is 5.11 Å². The van der Waals surface area contributed by atoms with Gasteiger partial charge in [0.2, 0.25) is 0 Å². The first-order chi connectivity index (χ1) is 7.75. The van der Waals surface area contributed by atoms with Gasteiger partial charge in [0.25, 0.3) is 0 Å². The van der Waals surface area contributed by atoms with E-state index in [1.165, 1.54) is 29.0 Å². The Balaban J connectivity index is 1.83. The van der Waals surface area contributed by atoms with Gasteiger partial charge >= 0.3 is 5.97 Å². The monoisotopic (exact) mass is 240 g/mol. The minimum absolute atomic E-state index is 0.0512. The Morgan fingerprint density at radius 2 is 2.50 bits per heavy atom. The fourth-order valence-corrected chi connectivity index (χ4v) is 1.72. The molecule has 2 aromatic heterocycles. The van der Waals surface area contributed by atoms with Gasteiger partial charge in [-0.05, 0) is 0 Å². The molecule has 0 radical (unpaired) electrons. The molecular weight excluding hydrogens is 232 g/mol. The van der Waals surface area contributed by atoms with Gasteiger partial charge in [0.15, 0.2) is 10.9 Å². The molecule has 9 heteroatoms. The third-order valence-corrected chi connectivity index (χ3v) is 2.57. The molecular formula is C7H8N6O2S. The number of hydrogen-bond acceptors (Lipinski definition) is 6. The van der Waals surface area contributed by atoms with Crippen LogP contribution in [0.5, 0.6) is 0 Å². The molecule has 16 heavy (non-hydrogen) atoms.